The van der Waals surface area contributed by atoms with Crippen molar-refractivity contribution in [2.45, 2.75) is 44.0 Å². The van der Waals surface area contributed by atoms with Gasteiger partial charge >= 0.3 is 0 Å². The average molecular weight is 535 g/mol. The van der Waals surface area contributed by atoms with Gasteiger partial charge in [0.05, 0.1) is 41.0 Å². The van der Waals surface area contributed by atoms with Gasteiger partial charge in [-0.05, 0) is 13.2 Å². The molecule has 3 aromatic heterocycles. The number of imidazole rings is 1. The fourth-order valence-corrected chi connectivity index (χ4v) is 7.56. The number of hydrogen-bond acceptors (Lipinski definition) is 6. The molecule has 0 bridgehead atoms. The monoisotopic (exact) mass is 534 g/mol. The van der Waals surface area contributed by atoms with Crippen LogP contribution in [0.5, 0.6) is 0 Å². The van der Waals surface area contributed by atoms with Gasteiger partial charge in [-0.25, -0.2) is 9.13 Å². The molecular formula is C24H27ClN4O4S2. The van der Waals surface area contributed by atoms with Gasteiger partial charge in [0.1, 0.15) is 19.8 Å². The van der Waals surface area contributed by atoms with Gasteiger partial charge < -0.3 is 32.3 Å². The first-order valence-corrected chi connectivity index (χ1v) is 13.3. The Balaban J connectivity index is 0.00000289. The zero-order chi connectivity index (χ0) is 24.3. The molecule has 5 rings (SSSR count). The quantitative estimate of drug-likeness (QED) is 0.204. The van der Waals surface area contributed by atoms with Crippen LogP contribution in [0.4, 0.5) is 0 Å². The van der Waals surface area contributed by atoms with Gasteiger partial charge in [0.2, 0.25) is 15.8 Å². The van der Waals surface area contributed by atoms with Crippen LogP contribution < -0.4 is 26.6 Å². The molecule has 2 aliphatic rings. The first kappa shape index (κ1) is 25.7. The molecule has 2 aliphatic heterocycles. The third-order valence-electron chi connectivity index (χ3n) is 7.00. The first-order chi connectivity index (χ1) is 16.2. The maximum Gasteiger partial charge on any atom is 0.250 e. The van der Waals surface area contributed by atoms with E-state index in [1.54, 1.807) is 18.7 Å². The minimum atomic E-state index is -1.35. The number of aliphatic carboxylic acids is 1. The lowest BCUT2D eigenvalue weighted by atomic mass is 9.77. The third-order valence-corrected chi connectivity index (χ3v) is 9.09. The average Bonchev–Trinajstić information content (AvgIpc) is 3.40. The highest BCUT2D eigenvalue weighted by Crippen LogP contribution is 2.51. The molecule has 0 aliphatic carbocycles. The van der Waals surface area contributed by atoms with Gasteiger partial charge in [-0.15, -0.1) is 0 Å². The smallest absolute Gasteiger partial charge is 0.250 e. The number of amides is 1. The zero-order valence-corrected chi connectivity index (χ0v) is 22.2. The Morgan fingerprint density at radius 3 is 2.74 bits per heavy atom. The van der Waals surface area contributed by atoms with E-state index < -0.39 is 18.0 Å². The van der Waals surface area contributed by atoms with Crippen molar-refractivity contribution in [2.24, 2.45) is 18.9 Å². The van der Waals surface area contributed by atoms with Crippen molar-refractivity contribution in [1.82, 2.24) is 9.30 Å². The number of β-lactam (4-membered cyclic amide) rings is 1. The number of aryl methyl sites for hydroxylation is 3. The van der Waals surface area contributed by atoms with Crippen LogP contribution in [0.25, 0.3) is 10.4 Å². The van der Waals surface area contributed by atoms with Crippen molar-refractivity contribution in [3.05, 3.63) is 53.2 Å². The number of thioether (sulfide) groups is 1. The van der Waals surface area contributed by atoms with Crippen LogP contribution in [0.2, 0.25) is 0 Å². The van der Waals surface area contributed by atoms with Gasteiger partial charge in [-0.1, -0.05) is 36.1 Å². The molecule has 1 fully saturated rings. The number of carbonyl (C=O) groups excluding carboxylic acids is 2. The Bertz CT molecular complexity index is 1350. The number of hydrogen-bond donors (Lipinski definition) is 1. The van der Waals surface area contributed by atoms with E-state index in [1.165, 1.54) is 21.9 Å². The predicted molar refractivity (Wildman–Crippen MR) is 125 cm³/mol. The summed E-state index contributed by atoms with van der Waals surface area (Å²) in [5.74, 6) is -2.50. The number of carboxylic acid groups (broad SMARTS) is 1. The number of carboxylic acids is 1. The summed E-state index contributed by atoms with van der Waals surface area (Å²) in [5, 5.41) is 23.3. The largest absolute Gasteiger partial charge is 1.00 e. The summed E-state index contributed by atoms with van der Waals surface area (Å²) in [6.45, 7) is 4.33. The molecule has 35 heavy (non-hydrogen) atoms. The topological polar surface area (TPSA) is 92.8 Å². The second-order valence-electron chi connectivity index (χ2n) is 8.98. The van der Waals surface area contributed by atoms with Crippen LogP contribution >= 0.6 is 23.1 Å². The van der Waals surface area contributed by atoms with E-state index in [0.29, 0.717) is 5.57 Å². The summed E-state index contributed by atoms with van der Waals surface area (Å²) >= 11 is 3.18. The number of carbonyl (C=O) groups is 2. The van der Waals surface area contributed by atoms with E-state index in [0.717, 1.165) is 27.7 Å². The summed E-state index contributed by atoms with van der Waals surface area (Å²) in [6, 6.07) is 5.82. The lowest BCUT2D eigenvalue weighted by Crippen LogP contribution is -3.00. The van der Waals surface area contributed by atoms with E-state index in [4.69, 9.17) is 0 Å². The molecule has 0 saturated carbocycles. The lowest BCUT2D eigenvalue weighted by molar-refractivity contribution is -0.735. The Labute approximate surface area is 217 Å². The van der Waals surface area contributed by atoms with Crippen molar-refractivity contribution in [3.8, 4) is 0 Å². The molecular weight excluding hydrogens is 508 g/mol. The Kier molecular flexibility index (Phi) is 7.02. The molecule has 0 radical (unpaired) electrons. The summed E-state index contributed by atoms with van der Waals surface area (Å²) in [4.78, 5) is 27.9. The fourth-order valence-electron chi connectivity index (χ4n) is 5.36. The highest BCUT2D eigenvalue weighted by molar-refractivity contribution is 7.98. The summed E-state index contributed by atoms with van der Waals surface area (Å²) < 4.78 is 6.38. The molecule has 4 atom stereocenters. The Hall–Kier alpha value is -2.40. The van der Waals surface area contributed by atoms with Crippen LogP contribution in [0.3, 0.4) is 0 Å². The van der Waals surface area contributed by atoms with E-state index in [-0.39, 0.29) is 36.0 Å². The van der Waals surface area contributed by atoms with Crippen molar-refractivity contribution in [2.75, 3.05) is 6.26 Å². The minimum absolute atomic E-state index is 0. The number of thiazole rings is 1. The molecule has 11 heteroatoms. The van der Waals surface area contributed by atoms with Gasteiger partial charge in [-0.2, -0.15) is 4.40 Å². The van der Waals surface area contributed by atoms with E-state index in [1.807, 2.05) is 55.5 Å². The highest BCUT2D eigenvalue weighted by Gasteiger charge is 2.59. The number of aromatic nitrogens is 3. The Morgan fingerprint density at radius 1 is 1.37 bits per heavy atom. The van der Waals surface area contributed by atoms with Gasteiger partial charge in [-0.3, -0.25) is 4.79 Å². The lowest BCUT2D eigenvalue weighted by Gasteiger charge is -2.47. The van der Waals surface area contributed by atoms with Crippen molar-refractivity contribution in [3.63, 3.8) is 0 Å². The molecule has 3 aromatic rings. The SMILES string of the molecule is CSc1c2sc(C3=C(C(=O)[O-])N4C(=O)[C@H]([C@@H](C)O)[C@H]4[C@H]3C)cn2c[n+]1CCc1cccc[n+]1C.[Cl-]. The number of fused-ring (bicyclic) bond motifs is 2. The first-order valence-electron chi connectivity index (χ1n) is 11.2. The molecule has 8 nitrogen and oxygen atoms in total. The van der Waals surface area contributed by atoms with Gasteiger partial charge in [0.25, 0.3) is 6.33 Å². The normalized spacial score (nSPS) is 22.3. The van der Waals surface area contributed by atoms with Crippen LogP contribution in [-0.4, -0.2) is 44.7 Å². The van der Waals surface area contributed by atoms with Crippen molar-refractivity contribution < 1.29 is 41.3 Å². The number of halogens is 1. The third kappa shape index (κ3) is 3.96. The van der Waals surface area contributed by atoms with Crippen LogP contribution in [0.1, 0.15) is 24.4 Å². The summed E-state index contributed by atoms with van der Waals surface area (Å²) in [6.07, 6.45) is 8.13. The van der Waals surface area contributed by atoms with Crippen molar-refractivity contribution >= 4 is 45.4 Å². The van der Waals surface area contributed by atoms with Crippen molar-refractivity contribution in [1.29, 1.82) is 0 Å². The molecule has 1 amide bonds. The molecule has 0 spiro atoms. The summed E-state index contributed by atoms with van der Waals surface area (Å²) in [7, 11) is 2.04. The van der Waals surface area contributed by atoms with Crippen LogP contribution in [0.15, 0.2) is 47.6 Å². The second-order valence-corrected chi connectivity index (χ2v) is 10.8. The highest BCUT2D eigenvalue weighted by atomic mass is 35.5. The predicted octanol–water partition coefficient (Wildman–Crippen LogP) is -2.60. The summed E-state index contributed by atoms with van der Waals surface area (Å²) in [5.41, 5.74) is 1.80. The molecule has 5 heterocycles. The van der Waals surface area contributed by atoms with E-state index in [2.05, 4.69) is 15.2 Å². The zero-order valence-electron chi connectivity index (χ0n) is 19.8. The molecule has 1 saturated heterocycles. The van der Waals surface area contributed by atoms with Gasteiger partial charge in [0, 0.05) is 23.6 Å². The number of nitrogens with zero attached hydrogens (tertiary/aromatic N) is 4. The van der Waals surface area contributed by atoms with E-state index in [9.17, 15) is 19.8 Å². The maximum atomic E-state index is 12.6. The van der Waals surface area contributed by atoms with Crippen LogP contribution in [-0.2, 0) is 29.6 Å². The molecule has 1 N–H and O–H groups in total. The van der Waals surface area contributed by atoms with E-state index >= 15 is 0 Å². The minimum Gasteiger partial charge on any atom is -1.00 e. The number of pyridine rings is 1. The standard InChI is InChI=1S/C24H27N4O4S2.ClH/c1-13-17(20(24(31)32)28-19(13)18(14(2)29)21(28)30)16-11-27-12-26(22(33-4)23(27)34-16)10-8-15-7-5-6-9-25(15)3;/h5-7,9,11-14,18-19,29H,8,10H2,1-4H3;1H/q+1;/p-1/t13-,14+,18+,19+;/m0./s1. The second kappa shape index (κ2) is 9.57. The fraction of sp³-hybridized carbons (Fsp3) is 0.417. The number of rotatable bonds is 7. The van der Waals surface area contributed by atoms with Crippen LogP contribution in [0, 0.1) is 11.8 Å². The number of aliphatic hydroxyl groups excluding tert-OH is 1. The Morgan fingerprint density at radius 2 is 2.11 bits per heavy atom. The molecule has 186 valence electrons. The maximum absolute atomic E-state index is 12.6. The molecule has 0 unspecified atom stereocenters. The van der Waals surface area contributed by atoms with Gasteiger partial charge in [0.15, 0.2) is 11.9 Å². The number of aliphatic hydroxyl groups is 1. The molecule has 0 aromatic carbocycles.